The van der Waals surface area contributed by atoms with Crippen LogP contribution >= 0.6 is 11.6 Å². The minimum atomic E-state index is -3.84. The average molecular weight is 423 g/mol. The maximum absolute atomic E-state index is 12.8. The van der Waals surface area contributed by atoms with Crippen LogP contribution in [0.2, 0.25) is 5.02 Å². The number of ether oxygens (including phenoxy) is 1. The van der Waals surface area contributed by atoms with Crippen LogP contribution in [0.25, 0.3) is 0 Å². The summed E-state index contributed by atoms with van der Waals surface area (Å²) in [5.41, 5.74) is 0.480. The summed E-state index contributed by atoms with van der Waals surface area (Å²) in [5, 5.41) is 0.311. The molecule has 28 heavy (non-hydrogen) atoms. The molecule has 0 spiro atoms. The zero-order valence-electron chi connectivity index (χ0n) is 15.4. The number of benzene rings is 2. The number of hydrogen-bond acceptors (Lipinski definition) is 5. The van der Waals surface area contributed by atoms with Crippen molar-refractivity contribution >= 4 is 27.4 Å². The highest BCUT2D eigenvalue weighted by atomic mass is 35.5. The Kier molecular flexibility index (Phi) is 7.20. The van der Waals surface area contributed by atoms with Crippen molar-refractivity contribution in [2.75, 3.05) is 39.4 Å². The van der Waals surface area contributed by atoms with Gasteiger partial charge in [0.1, 0.15) is 0 Å². The van der Waals surface area contributed by atoms with Crippen molar-refractivity contribution in [3.8, 4) is 0 Å². The molecular formula is C20H23ClN2O4S. The van der Waals surface area contributed by atoms with Crippen LogP contribution in [0.4, 0.5) is 0 Å². The molecule has 0 aromatic heterocycles. The minimum absolute atomic E-state index is 0.0582. The van der Waals surface area contributed by atoms with Crippen LogP contribution in [0.5, 0.6) is 0 Å². The second-order valence-electron chi connectivity index (χ2n) is 6.54. The summed E-state index contributed by atoms with van der Waals surface area (Å²) in [6, 6.07) is 12.8. The Bertz CT molecular complexity index is 913. The Morgan fingerprint density at radius 3 is 2.54 bits per heavy atom. The number of carbonyl (C=O) groups is 1. The lowest BCUT2D eigenvalue weighted by Crippen LogP contribution is -2.38. The third kappa shape index (κ3) is 5.40. The molecule has 1 aliphatic rings. The molecule has 0 saturated carbocycles. The van der Waals surface area contributed by atoms with Gasteiger partial charge in [0.25, 0.3) is 0 Å². The molecule has 1 fully saturated rings. The smallest absolute Gasteiger partial charge is 0.241 e. The summed E-state index contributed by atoms with van der Waals surface area (Å²) < 4.78 is 33.5. The second-order valence-corrected chi connectivity index (χ2v) is 8.71. The molecule has 1 N–H and O–H groups in total. The minimum Gasteiger partial charge on any atom is -0.379 e. The number of nitrogens with one attached hydrogen (secondary N) is 1. The Morgan fingerprint density at radius 2 is 1.82 bits per heavy atom. The summed E-state index contributed by atoms with van der Waals surface area (Å²) >= 11 is 6.03. The van der Waals surface area contributed by atoms with Crippen LogP contribution in [-0.2, 0) is 14.8 Å². The lowest BCUT2D eigenvalue weighted by molar-refractivity contribution is 0.0376. The van der Waals surface area contributed by atoms with Gasteiger partial charge in [-0.3, -0.25) is 9.69 Å². The van der Waals surface area contributed by atoms with Gasteiger partial charge in [-0.1, -0.05) is 41.9 Å². The van der Waals surface area contributed by atoms with Gasteiger partial charge in [-0.2, -0.15) is 0 Å². The number of halogens is 1. The largest absolute Gasteiger partial charge is 0.379 e. The first kappa shape index (κ1) is 21.0. The molecule has 8 heteroatoms. The van der Waals surface area contributed by atoms with E-state index in [1.807, 2.05) is 0 Å². The molecule has 0 amide bonds. The molecule has 3 rings (SSSR count). The normalized spacial score (nSPS) is 15.5. The van der Waals surface area contributed by atoms with E-state index in [4.69, 9.17) is 16.3 Å². The Balaban J connectivity index is 1.71. The predicted molar refractivity (Wildman–Crippen MR) is 108 cm³/mol. The van der Waals surface area contributed by atoms with E-state index in [0.717, 1.165) is 19.6 Å². The van der Waals surface area contributed by atoms with Crippen molar-refractivity contribution in [3.63, 3.8) is 0 Å². The number of carbonyl (C=O) groups excluding carboxylic acids is 1. The fraction of sp³-hybridized carbons (Fsp3) is 0.350. The first-order valence-corrected chi connectivity index (χ1v) is 11.0. The molecule has 1 heterocycles. The monoisotopic (exact) mass is 422 g/mol. The highest BCUT2D eigenvalue weighted by molar-refractivity contribution is 7.89. The summed E-state index contributed by atoms with van der Waals surface area (Å²) in [5.74, 6) is -0.378. The molecule has 0 bridgehead atoms. The van der Waals surface area contributed by atoms with Crippen LogP contribution in [0.15, 0.2) is 53.4 Å². The van der Waals surface area contributed by atoms with E-state index in [0.29, 0.717) is 36.8 Å². The van der Waals surface area contributed by atoms with Crippen molar-refractivity contribution < 1.29 is 17.9 Å². The molecule has 0 unspecified atom stereocenters. The zero-order valence-corrected chi connectivity index (χ0v) is 17.0. The van der Waals surface area contributed by atoms with E-state index < -0.39 is 10.0 Å². The summed E-state index contributed by atoms with van der Waals surface area (Å²) in [7, 11) is -3.84. The number of nitrogens with zero attached hydrogens (tertiary/aromatic N) is 1. The van der Waals surface area contributed by atoms with E-state index in [-0.39, 0.29) is 16.2 Å². The van der Waals surface area contributed by atoms with Crippen LogP contribution in [-0.4, -0.2) is 58.5 Å². The van der Waals surface area contributed by atoms with Gasteiger partial charge in [0.15, 0.2) is 5.78 Å². The van der Waals surface area contributed by atoms with Gasteiger partial charge in [0, 0.05) is 35.8 Å². The van der Waals surface area contributed by atoms with Gasteiger partial charge in [-0.15, -0.1) is 0 Å². The molecule has 1 aliphatic heterocycles. The van der Waals surface area contributed by atoms with Crippen molar-refractivity contribution in [2.45, 2.75) is 11.3 Å². The number of rotatable bonds is 8. The van der Waals surface area contributed by atoms with Gasteiger partial charge in [-0.05, 0) is 31.2 Å². The third-order valence-corrected chi connectivity index (χ3v) is 6.31. The molecule has 0 radical (unpaired) electrons. The van der Waals surface area contributed by atoms with Crippen molar-refractivity contribution in [1.82, 2.24) is 9.62 Å². The molecule has 2 aromatic carbocycles. The van der Waals surface area contributed by atoms with Crippen molar-refractivity contribution in [1.29, 1.82) is 0 Å². The van der Waals surface area contributed by atoms with Crippen molar-refractivity contribution in [2.24, 2.45) is 0 Å². The lowest BCUT2D eigenvalue weighted by atomic mass is 10.0. The molecule has 6 nitrogen and oxygen atoms in total. The number of hydrogen-bond donors (Lipinski definition) is 1. The van der Waals surface area contributed by atoms with E-state index in [1.54, 1.807) is 30.3 Å². The van der Waals surface area contributed by atoms with Crippen LogP contribution in [0, 0.1) is 0 Å². The van der Waals surface area contributed by atoms with Crippen LogP contribution < -0.4 is 4.72 Å². The topological polar surface area (TPSA) is 75.7 Å². The van der Waals surface area contributed by atoms with Crippen LogP contribution in [0.3, 0.4) is 0 Å². The third-order valence-electron chi connectivity index (χ3n) is 4.56. The second kappa shape index (κ2) is 9.62. The van der Waals surface area contributed by atoms with E-state index in [2.05, 4.69) is 9.62 Å². The van der Waals surface area contributed by atoms with Gasteiger partial charge in [0.05, 0.1) is 18.1 Å². The van der Waals surface area contributed by atoms with Crippen molar-refractivity contribution in [3.05, 3.63) is 64.7 Å². The summed E-state index contributed by atoms with van der Waals surface area (Å²) in [6.45, 7) is 4.23. The fourth-order valence-corrected chi connectivity index (χ4v) is 4.50. The van der Waals surface area contributed by atoms with E-state index >= 15 is 0 Å². The lowest BCUT2D eigenvalue weighted by Gasteiger charge is -2.26. The molecule has 1 saturated heterocycles. The number of sulfonamides is 1. The maximum atomic E-state index is 12.8. The average Bonchev–Trinajstić information content (AvgIpc) is 2.72. The first-order valence-electron chi connectivity index (χ1n) is 9.16. The highest BCUT2D eigenvalue weighted by Gasteiger charge is 2.23. The summed E-state index contributed by atoms with van der Waals surface area (Å²) in [4.78, 5) is 15.0. The van der Waals surface area contributed by atoms with Gasteiger partial charge in [0.2, 0.25) is 10.0 Å². The molecule has 150 valence electrons. The standard InChI is InChI=1S/C20H23ClN2O4S/c21-17-7-8-19(18(15-17)20(24)16-5-2-1-3-6-16)28(25,26)22-9-4-10-23-11-13-27-14-12-23/h1-3,5-8,15,22H,4,9-14H2. The Morgan fingerprint density at radius 1 is 1.11 bits per heavy atom. The van der Waals surface area contributed by atoms with E-state index in [1.165, 1.54) is 18.2 Å². The quantitative estimate of drug-likeness (QED) is 0.522. The highest BCUT2D eigenvalue weighted by Crippen LogP contribution is 2.23. The molecule has 0 atom stereocenters. The van der Waals surface area contributed by atoms with Gasteiger partial charge < -0.3 is 4.74 Å². The number of ketones is 1. The molecular weight excluding hydrogens is 400 g/mol. The van der Waals surface area contributed by atoms with E-state index in [9.17, 15) is 13.2 Å². The fourth-order valence-electron chi connectivity index (χ4n) is 3.07. The Hall–Kier alpha value is -1.77. The number of morpholine rings is 1. The maximum Gasteiger partial charge on any atom is 0.241 e. The van der Waals surface area contributed by atoms with Crippen LogP contribution in [0.1, 0.15) is 22.3 Å². The van der Waals surface area contributed by atoms with Gasteiger partial charge in [-0.25, -0.2) is 13.1 Å². The molecule has 2 aromatic rings. The Labute approximate surface area is 170 Å². The first-order chi connectivity index (χ1) is 13.5. The summed E-state index contributed by atoms with van der Waals surface area (Å²) in [6.07, 6.45) is 0.675. The SMILES string of the molecule is O=C(c1ccccc1)c1cc(Cl)ccc1S(=O)(=O)NCCCN1CCOCC1. The predicted octanol–water partition coefficient (Wildman–Crippen LogP) is 2.57. The zero-order chi connectivity index (χ0) is 20.0. The molecule has 0 aliphatic carbocycles. The van der Waals surface area contributed by atoms with Gasteiger partial charge >= 0.3 is 0 Å².